The molecule has 7 nitrogen and oxygen atoms in total. The summed E-state index contributed by atoms with van der Waals surface area (Å²) < 4.78 is 32.6. The van der Waals surface area contributed by atoms with Crippen molar-refractivity contribution < 1.29 is 22.7 Å². The number of aryl methyl sites for hydroxylation is 1. The third-order valence-corrected chi connectivity index (χ3v) is 6.95. The maximum Gasteiger partial charge on any atom is 0.325 e. The van der Waals surface area contributed by atoms with Gasteiger partial charge in [0.05, 0.1) is 18.0 Å². The molecule has 3 rings (SSSR count). The van der Waals surface area contributed by atoms with E-state index in [-0.39, 0.29) is 24.4 Å². The molecule has 8 heteroatoms. The number of benzene rings is 2. The Labute approximate surface area is 170 Å². The molecule has 1 aliphatic rings. The first-order chi connectivity index (χ1) is 13.8. The summed E-state index contributed by atoms with van der Waals surface area (Å²) in [7, 11) is -2.55. The normalized spacial score (nSPS) is 16.7. The Bertz CT molecular complexity index is 1000. The molecule has 1 amide bonds. The van der Waals surface area contributed by atoms with Crippen molar-refractivity contribution in [3.63, 3.8) is 0 Å². The monoisotopic (exact) mass is 416 g/mol. The standard InChI is InChI=1S/C21H24N2O5S/c1-15-7-9-17(10-8-15)29(26,27)23-12-11-16-5-3-4-6-18(16)19(23)13-20(24)22-14-21(25)28-2/h3-10,19H,11-14H2,1-2H3,(H,22,24). The van der Waals surface area contributed by atoms with E-state index in [1.54, 1.807) is 24.3 Å². The Morgan fingerprint density at radius 3 is 2.52 bits per heavy atom. The van der Waals surface area contributed by atoms with Crippen LogP contribution in [0.5, 0.6) is 0 Å². The molecule has 29 heavy (non-hydrogen) atoms. The van der Waals surface area contributed by atoms with E-state index in [1.165, 1.54) is 11.4 Å². The van der Waals surface area contributed by atoms with Crippen LogP contribution in [0.4, 0.5) is 0 Å². The van der Waals surface area contributed by atoms with Crippen molar-refractivity contribution in [1.82, 2.24) is 9.62 Å². The molecule has 154 valence electrons. The van der Waals surface area contributed by atoms with Gasteiger partial charge in [-0.25, -0.2) is 8.42 Å². The molecule has 0 radical (unpaired) electrons. The van der Waals surface area contributed by atoms with E-state index < -0.39 is 27.9 Å². The second-order valence-electron chi connectivity index (χ2n) is 6.95. The number of esters is 1. The number of nitrogens with zero attached hydrogens (tertiary/aromatic N) is 1. The number of rotatable bonds is 6. The number of carbonyl (C=O) groups excluding carboxylic acids is 2. The first-order valence-corrected chi connectivity index (χ1v) is 10.8. The van der Waals surface area contributed by atoms with Crippen LogP contribution in [0.3, 0.4) is 0 Å². The number of fused-ring (bicyclic) bond motifs is 1. The number of amides is 1. The first-order valence-electron chi connectivity index (χ1n) is 9.32. The quantitative estimate of drug-likeness (QED) is 0.727. The van der Waals surface area contributed by atoms with E-state index in [1.807, 2.05) is 31.2 Å². The lowest BCUT2D eigenvalue weighted by atomic mass is 9.92. The molecule has 0 bridgehead atoms. The minimum Gasteiger partial charge on any atom is -0.468 e. The number of hydrogen-bond acceptors (Lipinski definition) is 5. The molecule has 0 fully saturated rings. The molecule has 1 atom stereocenters. The molecule has 1 N–H and O–H groups in total. The maximum atomic E-state index is 13.3. The van der Waals surface area contributed by atoms with Gasteiger partial charge in [0.2, 0.25) is 15.9 Å². The number of nitrogens with one attached hydrogen (secondary N) is 1. The number of methoxy groups -OCH3 is 1. The molecular weight excluding hydrogens is 392 g/mol. The Morgan fingerprint density at radius 2 is 1.83 bits per heavy atom. The fraction of sp³-hybridized carbons (Fsp3) is 0.333. The molecule has 2 aromatic rings. The fourth-order valence-electron chi connectivity index (χ4n) is 3.46. The van der Waals surface area contributed by atoms with Crippen molar-refractivity contribution >= 4 is 21.9 Å². The summed E-state index contributed by atoms with van der Waals surface area (Å²) in [5.41, 5.74) is 2.79. The van der Waals surface area contributed by atoms with Crippen LogP contribution < -0.4 is 5.32 Å². The molecule has 1 unspecified atom stereocenters. The Kier molecular flexibility index (Phi) is 6.34. The zero-order chi connectivity index (χ0) is 21.0. The van der Waals surface area contributed by atoms with Crippen molar-refractivity contribution in [1.29, 1.82) is 0 Å². The van der Waals surface area contributed by atoms with E-state index in [0.717, 1.165) is 16.7 Å². The summed E-state index contributed by atoms with van der Waals surface area (Å²) in [5, 5.41) is 2.50. The number of ether oxygens (including phenoxy) is 1. The summed E-state index contributed by atoms with van der Waals surface area (Å²) in [4.78, 5) is 24.0. The molecule has 2 aromatic carbocycles. The van der Waals surface area contributed by atoms with Gasteiger partial charge < -0.3 is 10.1 Å². The van der Waals surface area contributed by atoms with Crippen LogP contribution >= 0.6 is 0 Å². The van der Waals surface area contributed by atoms with Gasteiger partial charge in [-0.3, -0.25) is 9.59 Å². The lowest BCUT2D eigenvalue weighted by Gasteiger charge is -2.36. The Morgan fingerprint density at radius 1 is 1.14 bits per heavy atom. The van der Waals surface area contributed by atoms with Gasteiger partial charge in [0.1, 0.15) is 6.54 Å². The van der Waals surface area contributed by atoms with E-state index in [9.17, 15) is 18.0 Å². The topological polar surface area (TPSA) is 92.8 Å². The summed E-state index contributed by atoms with van der Waals surface area (Å²) in [5.74, 6) is -0.979. The highest BCUT2D eigenvalue weighted by atomic mass is 32.2. The number of hydrogen-bond donors (Lipinski definition) is 1. The molecule has 0 saturated carbocycles. The molecule has 0 aliphatic carbocycles. The van der Waals surface area contributed by atoms with E-state index in [4.69, 9.17) is 0 Å². The molecular formula is C21H24N2O5S. The third-order valence-electron chi connectivity index (χ3n) is 5.03. The van der Waals surface area contributed by atoms with Gasteiger partial charge in [-0.15, -0.1) is 0 Å². The summed E-state index contributed by atoms with van der Waals surface area (Å²) in [6.45, 7) is 1.92. The third kappa shape index (κ3) is 4.65. The van der Waals surface area contributed by atoms with Crippen LogP contribution in [-0.2, 0) is 30.8 Å². The molecule has 0 aromatic heterocycles. The Balaban J connectivity index is 1.92. The zero-order valence-corrected chi connectivity index (χ0v) is 17.2. The van der Waals surface area contributed by atoms with Crippen molar-refractivity contribution in [3.05, 3.63) is 65.2 Å². The minimum atomic E-state index is -3.79. The number of sulfonamides is 1. The second-order valence-corrected chi connectivity index (χ2v) is 8.84. The van der Waals surface area contributed by atoms with E-state index >= 15 is 0 Å². The predicted molar refractivity (Wildman–Crippen MR) is 108 cm³/mol. The molecule has 0 saturated heterocycles. The lowest BCUT2D eigenvalue weighted by Crippen LogP contribution is -2.42. The van der Waals surface area contributed by atoms with Gasteiger partial charge >= 0.3 is 5.97 Å². The number of carbonyl (C=O) groups is 2. The van der Waals surface area contributed by atoms with Crippen LogP contribution in [0, 0.1) is 6.92 Å². The second kappa shape index (κ2) is 8.75. The van der Waals surface area contributed by atoms with Crippen LogP contribution in [0.15, 0.2) is 53.4 Å². The van der Waals surface area contributed by atoms with Crippen LogP contribution in [0.25, 0.3) is 0 Å². The highest BCUT2D eigenvalue weighted by Crippen LogP contribution is 2.36. The molecule has 0 spiro atoms. The maximum absolute atomic E-state index is 13.3. The van der Waals surface area contributed by atoms with Crippen molar-refractivity contribution in [2.75, 3.05) is 20.2 Å². The van der Waals surface area contributed by atoms with E-state index in [0.29, 0.717) is 6.42 Å². The summed E-state index contributed by atoms with van der Waals surface area (Å²) in [6, 6.07) is 13.6. The average Bonchev–Trinajstić information content (AvgIpc) is 2.72. The minimum absolute atomic E-state index is 0.0842. The SMILES string of the molecule is COC(=O)CNC(=O)CC1c2ccccc2CCN1S(=O)(=O)c1ccc(C)cc1. The lowest BCUT2D eigenvalue weighted by molar-refractivity contribution is -0.141. The molecule has 1 aliphatic heterocycles. The highest BCUT2D eigenvalue weighted by molar-refractivity contribution is 7.89. The summed E-state index contributed by atoms with van der Waals surface area (Å²) in [6.07, 6.45) is 0.487. The average molecular weight is 416 g/mol. The van der Waals surface area contributed by atoms with E-state index in [2.05, 4.69) is 10.1 Å². The van der Waals surface area contributed by atoms with Gasteiger partial charge in [0, 0.05) is 13.0 Å². The molecule has 1 heterocycles. The van der Waals surface area contributed by atoms with Gasteiger partial charge in [-0.05, 0) is 36.6 Å². The van der Waals surface area contributed by atoms with Gasteiger partial charge in [-0.2, -0.15) is 4.31 Å². The van der Waals surface area contributed by atoms with Gasteiger partial charge in [-0.1, -0.05) is 42.0 Å². The largest absolute Gasteiger partial charge is 0.468 e. The van der Waals surface area contributed by atoms with Gasteiger partial charge in [0.15, 0.2) is 0 Å². The predicted octanol–water partition coefficient (Wildman–Crippen LogP) is 1.96. The smallest absolute Gasteiger partial charge is 0.325 e. The van der Waals surface area contributed by atoms with Crippen molar-refractivity contribution in [2.45, 2.75) is 30.7 Å². The van der Waals surface area contributed by atoms with Crippen LogP contribution in [0.2, 0.25) is 0 Å². The first kappa shape index (κ1) is 21.0. The Hall–Kier alpha value is -2.71. The van der Waals surface area contributed by atoms with Crippen LogP contribution in [0.1, 0.15) is 29.2 Å². The van der Waals surface area contributed by atoms with Crippen LogP contribution in [-0.4, -0.2) is 44.8 Å². The van der Waals surface area contributed by atoms with Gasteiger partial charge in [0.25, 0.3) is 0 Å². The van der Waals surface area contributed by atoms with Crippen molar-refractivity contribution in [2.24, 2.45) is 0 Å². The zero-order valence-electron chi connectivity index (χ0n) is 16.4. The summed E-state index contributed by atoms with van der Waals surface area (Å²) >= 11 is 0. The van der Waals surface area contributed by atoms with Crippen molar-refractivity contribution in [3.8, 4) is 0 Å². The highest BCUT2D eigenvalue weighted by Gasteiger charge is 2.37. The fourth-order valence-corrected chi connectivity index (χ4v) is 5.07.